The highest BCUT2D eigenvalue weighted by molar-refractivity contribution is 5.89. The highest BCUT2D eigenvalue weighted by atomic mass is 16.3. The molecule has 156 valence electrons. The number of para-hydroxylation sites is 2. The lowest BCUT2D eigenvalue weighted by molar-refractivity contribution is -0.119. The smallest absolute Gasteiger partial charge is 0.151 e. The molecule has 2 aromatic carbocycles. The van der Waals surface area contributed by atoms with Gasteiger partial charge in [0, 0.05) is 48.4 Å². The molecule has 5 heteroatoms. The van der Waals surface area contributed by atoms with Gasteiger partial charge in [-0.3, -0.25) is 14.7 Å². The number of hydrogen-bond acceptors (Lipinski definition) is 5. The molecule has 3 aromatic rings. The number of rotatable bonds is 7. The molecule has 0 amide bonds. The van der Waals surface area contributed by atoms with Crippen LogP contribution in [0.15, 0.2) is 54.7 Å². The van der Waals surface area contributed by atoms with E-state index < -0.39 is 0 Å². The number of pyridine rings is 1. The molecule has 1 aliphatic heterocycles. The van der Waals surface area contributed by atoms with Gasteiger partial charge in [0.1, 0.15) is 0 Å². The topological polar surface area (TPSA) is 65.5 Å². The Morgan fingerprint density at radius 1 is 1.10 bits per heavy atom. The van der Waals surface area contributed by atoms with E-state index in [1.807, 2.05) is 42.5 Å². The Bertz CT molecular complexity index is 1020. The number of likely N-dealkylation sites (tertiary alicyclic amines) is 1. The normalized spacial score (nSPS) is 15.4. The van der Waals surface area contributed by atoms with E-state index in [2.05, 4.69) is 28.2 Å². The van der Waals surface area contributed by atoms with Crippen LogP contribution in [-0.2, 0) is 17.8 Å². The van der Waals surface area contributed by atoms with Crippen molar-refractivity contribution >= 4 is 22.4 Å². The fraction of sp³-hybridized carbons (Fsp3) is 0.360. The van der Waals surface area contributed by atoms with E-state index in [0.717, 1.165) is 59.2 Å². The van der Waals surface area contributed by atoms with Gasteiger partial charge >= 0.3 is 0 Å². The van der Waals surface area contributed by atoms with Gasteiger partial charge < -0.3 is 10.4 Å². The van der Waals surface area contributed by atoms with Crippen LogP contribution >= 0.6 is 0 Å². The zero-order valence-corrected chi connectivity index (χ0v) is 17.5. The summed E-state index contributed by atoms with van der Waals surface area (Å²) in [4.78, 5) is 19.4. The molecule has 30 heavy (non-hydrogen) atoms. The summed E-state index contributed by atoms with van der Waals surface area (Å²) < 4.78 is 0. The lowest BCUT2D eigenvalue weighted by Crippen LogP contribution is -2.42. The monoisotopic (exact) mass is 403 g/mol. The maximum absolute atomic E-state index is 12.7. The van der Waals surface area contributed by atoms with Crippen molar-refractivity contribution in [3.05, 3.63) is 71.4 Å². The summed E-state index contributed by atoms with van der Waals surface area (Å²) in [5.41, 5.74) is 5.08. The van der Waals surface area contributed by atoms with Crippen LogP contribution in [0.25, 0.3) is 10.9 Å². The molecule has 5 nitrogen and oxygen atoms in total. The fourth-order valence-electron chi connectivity index (χ4n) is 4.33. The first kappa shape index (κ1) is 20.5. The minimum Gasteiger partial charge on any atom is -0.392 e. The standard InChI is InChI=1S/C25H29N3O2/c1-18-5-2-8-21(17-29)24(18)27-22-10-13-28(14-11-22)16-23(30)15-20-7-3-6-19-9-4-12-26-25(19)20/h2-9,12,22,27,29H,10-11,13-17H2,1H3. The summed E-state index contributed by atoms with van der Waals surface area (Å²) in [6.07, 6.45) is 4.19. The third-order valence-electron chi connectivity index (χ3n) is 5.97. The Morgan fingerprint density at radius 3 is 2.63 bits per heavy atom. The molecule has 4 rings (SSSR count). The number of ketones is 1. The molecule has 0 spiro atoms. The Labute approximate surface area is 177 Å². The van der Waals surface area contributed by atoms with Crippen LogP contribution in [0.4, 0.5) is 5.69 Å². The molecule has 0 unspecified atom stereocenters. The van der Waals surface area contributed by atoms with Gasteiger partial charge in [0.05, 0.1) is 18.7 Å². The molecule has 0 saturated carbocycles. The molecule has 1 saturated heterocycles. The number of Topliss-reactive ketones (excluding diaryl/α,β-unsaturated/α-hetero) is 1. The maximum atomic E-state index is 12.7. The van der Waals surface area contributed by atoms with Crippen LogP contribution in [0.3, 0.4) is 0 Å². The second kappa shape index (κ2) is 9.37. The maximum Gasteiger partial charge on any atom is 0.151 e. The molecule has 0 aliphatic carbocycles. The van der Waals surface area contributed by atoms with Crippen LogP contribution in [0, 0.1) is 6.92 Å². The van der Waals surface area contributed by atoms with Gasteiger partial charge in [-0.2, -0.15) is 0 Å². The van der Waals surface area contributed by atoms with E-state index in [4.69, 9.17) is 0 Å². The van der Waals surface area contributed by atoms with Crippen molar-refractivity contribution in [3.8, 4) is 0 Å². The zero-order chi connectivity index (χ0) is 20.9. The first-order valence-electron chi connectivity index (χ1n) is 10.7. The number of aromatic nitrogens is 1. The van der Waals surface area contributed by atoms with Gasteiger partial charge in [0.2, 0.25) is 0 Å². The Hall–Kier alpha value is -2.76. The van der Waals surface area contributed by atoms with E-state index in [1.54, 1.807) is 6.20 Å². The van der Waals surface area contributed by atoms with Crippen molar-refractivity contribution in [3.63, 3.8) is 0 Å². The van der Waals surface area contributed by atoms with Crippen LogP contribution in [0.1, 0.15) is 29.5 Å². The van der Waals surface area contributed by atoms with Crippen molar-refractivity contribution in [2.75, 3.05) is 25.0 Å². The molecule has 1 aliphatic rings. The van der Waals surface area contributed by atoms with E-state index in [1.165, 1.54) is 0 Å². The number of benzene rings is 2. The van der Waals surface area contributed by atoms with Crippen molar-refractivity contribution in [1.29, 1.82) is 0 Å². The number of nitrogens with one attached hydrogen (secondary N) is 1. The number of aliphatic hydroxyl groups excluding tert-OH is 1. The first-order chi connectivity index (χ1) is 14.6. The highest BCUT2D eigenvalue weighted by Gasteiger charge is 2.22. The molecule has 1 fully saturated rings. The third kappa shape index (κ3) is 4.69. The minimum absolute atomic E-state index is 0.0420. The molecule has 2 heterocycles. The Morgan fingerprint density at radius 2 is 1.83 bits per heavy atom. The lowest BCUT2D eigenvalue weighted by Gasteiger charge is -2.33. The lowest BCUT2D eigenvalue weighted by atomic mass is 10.0. The molecule has 0 atom stereocenters. The van der Waals surface area contributed by atoms with Gasteiger partial charge in [0.15, 0.2) is 5.78 Å². The summed E-state index contributed by atoms with van der Waals surface area (Å²) in [5, 5.41) is 14.3. The number of piperidine rings is 1. The van der Waals surface area contributed by atoms with Crippen LogP contribution in [-0.4, -0.2) is 46.4 Å². The van der Waals surface area contributed by atoms with Crippen molar-refractivity contribution in [2.24, 2.45) is 0 Å². The van der Waals surface area contributed by atoms with E-state index in [0.29, 0.717) is 19.0 Å². The second-order valence-corrected chi connectivity index (χ2v) is 8.17. The summed E-state index contributed by atoms with van der Waals surface area (Å²) in [5.74, 6) is 0.237. The molecule has 1 aromatic heterocycles. The second-order valence-electron chi connectivity index (χ2n) is 8.17. The first-order valence-corrected chi connectivity index (χ1v) is 10.7. The summed E-state index contributed by atoms with van der Waals surface area (Å²) >= 11 is 0. The van der Waals surface area contributed by atoms with Crippen LogP contribution < -0.4 is 5.32 Å². The largest absolute Gasteiger partial charge is 0.392 e. The minimum atomic E-state index is 0.0420. The summed E-state index contributed by atoms with van der Waals surface area (Å²) in [7, 11) is 0. The zero-order valence-electron chi connectivity index (χ0n) is 17.5. The number of anilines is 1. The number of aryl methyl sites for hydroxylation is 1. The van der Waals surface area contributed by atoms with E-state index >= 15 is 0 Å². The quantitative estimate of drug-likeness (QED) is 0.629. The van der Waals surface area contributed by atoms with Gasteiger partial charge in [-0.05, 0) is 37.0 Å². The number of carbonyl (C=O) groups excluding carboxylic acids is 1. The molecular formula is C25H29N3O2. The number of nitrogens with zero attached hydrogens (tertiary/aromatic N) is 2. The molecule has 0 radical (unpaired) electrons. The number of fused-ring (bicyclic) bond motifs is 1. The number of hydrogen-bond donors (Lipinski definition) is 2. The summed E-state index contributed by atoms with van der Waals surface area (Å²) in [6.45, 7) is 4.40. The molecular weight excluding hydrogens is 374 g/mol. The van der Waals surface area contributed by atoms with Crippen LogP contribution in [0.2, 0.25) is 0 Å². The van der Waals surface area contributed by atoms with E-state index in [9.17, 15) is 9.90 Å². The molecule has 0 bridgehead atoms. The predicted octanol–water partition coefficient (Wildman–Crippen LogP) is 3.72. The predicted molar refractivity (Wildman–Crippen MR) is 121 cm³/mol. The Balaban J connectivity index is 1.31. The molecule has 2 N–H and O–H groups in total. The fourth-order valence-corrected chi connectivity index (χ4v) is 4.33. The van der Waals surface area contributed by atoms with Crippen molar-refractivity contribution in [2.45, 2.75) is 38.8 Å². The van der Waals surface area contributed by atoms with Gasteiger partial charge in [-0.25, -0.2) is 0 Å². The van der Waals surface area contributed by atoms with Gasteiger partial charge in [-0.15, -0.1) is 0 Å². The van der Waals surface area contributed by atoms with Gasteiger partial charge in [0.25, 0.3) is 0 Å². The van der Waals surface area contributed by atoms with Gasteiger partial charge in [-0.1, -0.05) is 42.5 Å². The average molecular weight is 404 g/mol. The SMILES string of the molecule is Cc1cccc(CO)c1NC1CCN(CC(=O)Cc2cccc3cccnc23)CC1. The van der Waals surface area contributed by atoms with Crippen molar-refractivity contribution in [1.82, 2.24) is 9.88 Å². The third-order valence-corrected chi connectivity index (χ3v) is 5.97. The average Bonchev–Trinajstić information content (AvgIpc) is 2.76. The number of carbonyl (C=O) groups is 1. The van der Waals surface area contributed by atoms with E-state index in [-0.39, 0.29) is 12.4 Å². The highest BCUT2D eigenvalue weighted by Crippen LogP contribution is 2.24. The number of aliphatic hydroxyl groups is 1. The summed E-state index contributed by atoms with van der Waals surface area (Å²) in [6, 6.07) is 16.4. The Kier molecular flexibility index (Phi) is 6.41. The van der Waals surface area contributed by atoms with Crippen molar-refractivity contribution < 1.29 is 9.90 Å². The van der Waals surface area contributed by atoms with Crippen LogP contribution in [0.5, 0.6) is 0 Å².